The van der Waals surface area contributed by atoms with Crippen LogP contribution in [0.25, 0.3) is 11.1 Å². The number of carbonyl (C=O) groups is 3. The lowest BCUT2D eigenvalue weighted by atomic mass is 9.93. The highest BCUT2D eigenvalue weighted by molar-refractivity contribution is 6.21. The van der Waals surface area contributed by atoms with E-state index in [2.05, 4.69) is 9.97 Å². The van der Waals surface area contributed by atoms with E-state index in [4.69, 9.17) is 0 Å². The number of carboxylic acids is 1. The molecule has 8 nitrogen and oxygen atoms in total. The zero-order valence-corrected chi connectivity index (χ0v) is 17.8. The number of aliphatic hydroxyl groups is 1. The number of rotatable bonds is 9. The number of imide groups is 1. The highest BCUT2D eigenvalue weighted by atomic mass is 16.4. The number of aliphatic hydroxyl groups excluding tert-OH is 1. The van der Waals surface area contributed by atoms with Gasteiger partial charge in [-0.2, -0.15) is 0 Å². The quantitative estimate of drug-likeness (QED) is 0.486. The number of hydrogen-bond acceptors (Lipinski definition) is 6. The Morgan fingerprint density at radius 1 is 0.879 bits per heavy atom. The van der Waals surface area contributed by atoms with Gasteiger partial charge in [0, 0.05) is 24.5 Å². The number of carbonyl (C=O) groups excluding carboxylic acids is 2. The van der Waals surface area contributed by atoms with E-state index >= 15 is 0 Å². The molecule has 1 aliphatic heterocycles. The summed E-state index contributed by atoms with van der Waals surface area (Å²) in [5.41, 5.74) is 3.45. The molecule has 0 spiro atoms. The summed E-state index contributed by atoms with van der Waals surface area (Å²) in [6.07, 6.45) is 4.51. The van der Waals surface area contributed by atoms with Gasteiger partial charge in [-0.25, -0.2) is 9.97 Å². The molecule has 8 heteroatoms. The molecule has 0 unspecified atom stereocenters. The molecular weight excluding hydrogens is 422 g/mol. The molecule has 2 aromatic carbocycles. The van der Waals surface area contributed by atoms with Crippen LogP contribution in [-0.2, 0) is 11.2 Å². The van der Waals surface area contributed by atoms with Crippen molar-refractivity contribution in [2.45, 2.75) is 25.4 Å². The maximum absolute atomic E-state index is 12.5. The van der Waals surface area contributed by atoms with Gasteiger partial charge >= 0.3 is 5.97 Å². The number of carboxylic acid groups (broad SMARTS) is 1. The summed E-state index contributed by atoms with van der Waals surface area (Å²) in [6, 6.07) is 14.2. The maximum Gasteiger partial charge on any atom is 0.309 e. The molecule has 0 aliphatic carbocycles. The second-order valence-electron chi connectivity index (χ2n) is 7.97. The molecule has 0 saturated carbocycles. The van der Waals surface area contributed by atoms with Crippen molar-refractivity contribution >= 4 is 17.8 Å². The minimum atomic E-state index is -1.15. The molecular formula is C25H23N3O5. The topological polar surface area (TPSA) is 121 Å². The summed E-state index contributed by atoms with van der Waals surface area (Å²) < 4.78 is 0. The van der Waals surface area contributed by atoms with Gasteiger partial charge in [-0.15, -0.1) is 0 Å². The van der Waals surface area contributed by atoms with E-state index < -0.39 is 29.8 Å². The van der Waals surface area contributed by atoms with Gasteiger partial charge in [0.05, 0.1) is 23.1 Å². The van der Waals surface area contributed by atoms with Gasteiger partial charge in [-0.05, 0) is 42.5 Å². The van der Waals surface area contributed by atoms with E-state index in [0.29, 0.717) is 17.5 Å². The first-order valence-corrected chi connectivity index (χ1v) is 10.7. The SMILES string of the molecule is O=C(O)[C@H](CCN1C(=O)c2ccccc2C1=O)[C@H](O)CCc1ccc(-c2cncnc2)cc1. The third-order valence-electron chi connectivity index (χ3n) is 5.90. The molecule has 2 N–H and O–H groups in total. The largest absolute Gasteiger partial charge is 0.481 e. The fraction of sp³-hybridized carbons (Fsp3) is 0.240. The zero-order valence-electron chi connectivity index (χ0n) is 17.8. The van der Waals surface area contributed by atoms with Crippen LogP contribution in [0, 0.1) is 5.92 Å². The van der Waals surface area contributed by atoms with Crippen molar-refractivity contribution in [3.63, 3.8) is 0 Å². The van der Waals surface area contributed by atoms with Gasteiger partial charge in [0.25, 0.3) is 11.8 Å². The number of benzene rings is 2. The van der Waals surface area contributed by atoms with Crippen LogP contribution in [0.1, 0.15) is 39.1 Å². The maximum atomic E-state index is 12.5. The van der Waals surface area contributed by atoms with Crippen molar-refractivity contribution in [1.29, 1.82) is 0 Å². The third-order valence-corrected chi connectivity index (χ3v) is 5.90. The summed E-state index contributed by atoms with van der Waals surface area (Å²) in [5, 5.41) is 20.2. The van der Waals surface area contributed by atoms with Gasteiger partial charge in [0.15, 0.2) is 0 Å². The summed E-state index contributed by atoms with van der Waals surface area (Å²) in [5.74, 6) is -3.11. The molecule has 2 atom stereocenters. The van der Waals surface area contributed by atoms with Crippen molar-refractivity contribution in [3.05, 3.63) is 83.9 Å². The Morgan fingerprint density at radius 2 is 1.48 bits per heavy atom. The molecule has 0 radical (unpaired) electrons. The van der Waals surface area contributed by atoms with Gasteiger partial charge in [-0.1, -0.05) is 36.4 Å². The average molecular weight is 445 g/mol. The predicted octanol–water partition coefficient (Wildman–Crippen LogP) is 2.82. The molecule has 4 rings (SSSR count). The fourth-order valence-electron chi connectivity index (χ4n) is 4.02. The number of amides is 2. The number of aryl methyl sites for hydroxylation is 1. The molecule has 168 valence electrons. The predicted molar refractivity (Wildman–Crippen MR) is 119 cm³/mol. The average Bonchev–Trinajstić information content (AvgIpc) is 3.08. The summed E-state index contributed by atoms with van der Waals surface area (Å²) in [6.45, 7) is -0.0613. The Labute approximate surface area is 190 Å². The van der Waals surface area contributed by atoms with E-state index in [0.717, 1.165) is 21.6 Å². The second kappa shape index (κ2) is 9.70. The molecule has 0 saturated heterocycles. The van der Waals surface area contributed by atoms with Crippen molar-refractivity contribution in [1.82, 2.24) is 14.9 Å². The minimum Gasteiger partial charge on any atom is -0.481 e. The standard InChI is InChI=1S/C25H23N3O5/c29-22(10-7-16-5-8-17(9-6-16)18-13-26-15-27-14-18)21(25(32)33)11-12-28-23(30)19-3-1-2-4-20(19)24(28)31/h1-6,8-9,13-15,21-22,29H,7,10-12H2,(H,32,33)/t21-,22-/m1/s1. The van der Waals surface area contributed by atoms with E-state index in [-0.39, 0.29) is 19.4 Å². The van der Waals surface area contributed by atoms with Crippen LogP contribution in [0.4, 0.5) is 0 Å². The number of aliphatic carboxylic acids is 1. The molecule has 0 bridgehead atoms. The molecule has 0 fully saturated rings. The molecule has 2 amide bonds. The highest BCUT2D eigenvalue weighted by Crippen LogP contribution is 2.25. The van der Waals surface area contributed by atoms with Crippen molar-refractivity contribution in [3.8, 4) is 11.1 Å². The van der Waals surface area contributed by atoms with Crippen molar-refractivity contribution in [2.24, 2.45) is 5.92 Å². The lowest BCUT2D eigenvalue weighted by molar-refractivity contribution is -0.146. The van der Waals surface area contributed by atoms with E-state index in [1.807, 2.05) is 24.3 Å². The molecule has 1 aliphatic rings. The summed E-state index contributed by atoms with van der Waals surface area (Å²) in [4.78, 5) is 45.8. The normalized spacial score (nSPS) is 14.8. The number of nitrogens with zero attached hydrogens (tertiary/aromatic N) is 3. The smallest absolute Gasteiger partial charge is 0.309 e. The summed E-state index contributed by atoms with van der Waals surface area (Å²) >= 11 is 0. The first-order chi connectivity index (χ1) is 16.0. The third kappa shape index (κ3) is 4.80. The minimum absolute atomic E-state index is 0.0189. The fourth-order valence-corrected chi connectivity index (χ4v) is 4.02. The number of hydrogen-bond donors (Lipinski definition) is 2. The van der Waals surface area contributed by atoms with E-state index in [1.165, 1.54) is 6.33 Å². The van der Waals surface area contributed by atoms with Gasteiger partial charge < -0.3 is 10.2 Å². The first-order valence-electron chi connectivity index (χ1n) is 10.7. The monoisotopic (exact) mass is 445 g/mol. The Kier molecular flexibility index (Phi) is 6.55. The number of fused-ring (bicyclic) bond motifs is 1. The van der Waals surface area contributed by atoms with E-state index in [9.17, 15) is 24.6 Å². The van der Waals surface area contributed by atoms with Gasteiger partial charge in [-0.3, -0.25) is 19.3 Å². The zero-order chi connectivity index (χ0) is 23.4. The van der Waals surface area contributed by atoms with Crippen LogP contribution in [0.3, 0.4) is 0 Å². The first kappa shape index (κ1) is 22.3. The molecule has 1 aromatic heterocycles. The van der Waals surface area contributed by atoms with Crippen molar-refractivity contribution < 1.29 is 24.6 Å². The van der Waals surface area contributed by atoms with Crippen molar-refractivity contribution in [2.75, 3.05) is 6.54 Å². The Balaban J connectivity index is 1.34. The van der Waals surface area contributed by atoms with Crippen LogP contribution in [-0.4, -0.2) is 55.5 Å². The Bertz CT molecular complexity index is 1130. The summed E-state index contributed by atoms with van der Waals surface area (Å²) in [7, 11) is 0. The lowest BCUT2D eigenvalue weighted by Gasteiger charge is -2.22. The van der Waals surface area contributed by atoms with Crippen LogP contribution in [0.5, 0.6) is 0 Å². The molecule has 2 heterocycles. The van der Waals surface area contributed by atoms with Crippen LogP contribution in [0.2, 0.25) is 0 Å². The van der Waals surface area contributed by atoms with Crippen LogP contribution >= 0.6 is 0 Å². The van der Waals surface area contributed by atoms with Crippen LogP contribution < -0.4 is 0 Å². The Hall–Kier alpha value is -3.91. The van der Waals surface area contributed by atoms with E-state index in [1.54, 1.807) is 36.7 Å². The molecule has 33 heavy (non-hydrogen) atoms. The Morgan fingerprint density at radius 3 is 2.06 bits per heavy atom. The second-order valence-corrected chi connectivity index (χ2v) is 7.97. The van der Waals surface area contributed by atoms with Gasteiger partial charge in [0.1, 0.15) is 6.33 Å². The van der Waals surface area contributed by atoms with Crippen LogP contribution in [0.15, 0.2) is 67.3 Å². The lowest BCUT2D eigenvalue weighted by Crippen LogP contribution is -2.36. The number of aromatic nitrogens is 2. The van der Waals surface area contributed by atoms with Gasteiger partial charge in [0.2, 0.25) is 0 Å². The highest BCUT2D eigenvalue weighted by Gasteiger charge is 2.36. The molecule has 3 aromatic rings.